The van der Waals surface area contributed by atoms with E-state index < -0.39 is 11.9 Å². The summed E-state index contributed by atoms with van der Waals surface area (Å²) < 4.78 is 10.3. The van der Waals surface area contributed by atoms with Gasteiger partial charge < -0.3 is 14.5 Å². The molecule has 1 N–H and O–H groups in total. The van der Waals surface area contributed by atoms with Gasteiger partial charge in [0.25, 0.3) is 5.91 Å². The van der Waals surface area contributed by atoms with Crippen LogP contribution in [0.25, 0.3) is 0 Å². The van der Waals surface area contributed by atoms with Gasteiger partial charge in [0.2, 0.25) is 0 Å². The van der Waals surface area contributed by atoms with Crippen LogP contribution in [0.1, 0.15) is 29.1 Å². The number of rotatable bonds is 5. The van der Waals surface area contributed by atoms with Gasteiger partial charge in [0, 0.05) is 0 Å². The number of amides is 1. The van der Waals surface area contributed by atoms with Crippen molar-refractivity contribution in [1.29, 1.82) is 5.26 Å². The van der Waals surface area contributed by atoms with Crippen LogP contribution < -0.4 is 10.1 Å². The van der Waals surface area contributed by atoms with Crippen LogP contribution in [0.2, 0.25) is 0 Å². The highest BCUT2D eigenvalue weighted by molar-refractivity contribution is 5.91. The van der Waals surface area contributed by atoms with Crippen LogP contribution in [0.3, 0.4) is 0 Å². The van der Waals surface area contributed by atoms with E-state index in [1.807, 2.05) is 13.0 Å². The lowest BCUT2D eigenvalue weighted by molar-refractivity contribution is 0.0917. The molecule has 0 aliphatic carbocycles. The number of hydrogen-bond acceptors (Lipinski definition) is 4. The van der Waals surface area contributed by atoms with Crippen molar-refractivity contribution in [3.63, 3.8) is 0 Å². The first-order valence-electron chi connectivity index (χ1n) is 6.21. The van der Waals surface area contributed by atoms with E-state index in [0.717, 1.165) is 5.75 Å². The summed E-state index contributed by atoms with van der Waals surface area (Å²) in [5.74, 6) is 0.483. The molecular formula is C15H14N2O3. The van der Waals surface area contributed by atoms with Gasteiger partial charge in [-0.05, 0) is 36.8 Å². The Hall–Kier alpha value is -2.74. The molecule has 0 spiro atoms. The van der Waals surface area contributed by atoms with Crippen molar-refractivity contribution in [2.75, 3.05) is 6.61 Å². The van der Waals surface area contributed by atoms with Crippen molar-refractivity contribution in [3.8, 4) is 11.8 Å². The molecular weight excluding hydrogens is 256 g/mol. The molecule has 1 atom stereocenters. The molecule has 2 aromatic rings. The maximum atomic E-state index is 11.8. The van der Waals surface area contributed by atoms with Gasteiger partial charge in [0.05, 0.1) is 18.9 Å². The number of carbonyl (C=O) groups excluding carboxylic acids is 1. The van der Waals surface area contributed by atoms with E-state index in [9.17, 15) is 10.1 Å². The van der Waals surface area contributed by atoms with Gasteiger partial charge in [0.1, 0.15) is 11.8 Å². The molecule has 1 unspecified atom stereocenters. The Morgan fingerprint density at radius 1 is 1.40 bits per heavy atom. The van der Waals surface area contributed by atoms with Crippen LogP contribution in [0, 0.1) is 11.3 Å². The molecule has 0 aliphatic rings. The lowest BCUT2D eigenvalue weighted by atomic mass is 10.1. The molecule has 0 aliphatic heterocycles. The zero-order chi connectivity index (χ0) is 14.4. The van der Waals surface area contributed by atoms with Crippen LogP contribution in [0.4, 0.5) is 0 Å². The number of nitrogens with one attached hydrogen (secondary N) is 1. The average molecular weight is 270 g/mol. The molecule has 1 amide bonds. The smallest absolute Gasteiger partial charge is 0.288 e. The molecule has 5 nitrogen and oxygen atoms in total. The molecule has 1 heterocycles. The van der Waals surface area contributed by atoms with Crippen LogP contribution in [0.5, 0.6) is 5.75 Å². The third kappa shape index (κ3) is 3.18. The number of nitriles is 1. The summed E-state index contributed by atoms with van der Waals surface area (Å²) in [6.45, 7) is 2.48. The average Bonchev–Trinajstić information content (AvgIpc) is 3.00. The van der Waals surface area contributed by atoms with Crippen molar-refractivity contribution in [1.82, 2.24) is 5.32 Å². The second-order valence-corrected chi connectivity index (χ2v) is 4.01. The molecule has 0 saturated carbocycles. The molecule has 102 valence electrons. The molecule has 1 aromatic heterocycles. The van der Waals surface area contributed by atoms with E-state index in [-0.39, 0.29) is 5.76 Å². The van der Waals surface area contributed by atoms with Crippen LogP contribution in [0.15, 0.2) is 47.1 Å². The zero-order valence-electron chi connectivity index (χ0n) is 11.0. The zero-order valence-corrected chi connectivity index (χ0v) is 11.0. The fourth-order valence-electron chi connectivity index (χ4n) is 1.72. The first-order valence-corrected chi connectivity index (χ1v) is 6.21. The van der Waals surface area contributed by atoms with E-state index in [2.05, 4.69) is 5.32 Å². The maximum absolute atomic E-state index is 11.8. The standard InChI is InChI=1S/C15H14N2O3/c1-2-19-12-7-5-11(6-8-12)13(10-16)17-15(18)14-4-3-9-20-14/h3-9,13H,2H2,1H3,(H,17,18). The van der Waals surface area contributed by atoms with Gasteiger partial charge in [-0.2, -0.15) is 5.26 Å². The lowest BCUT2D eigenvalue weighted by Gasteiger charge is -2.11. The summed E-state index contributed by atoms with van der Waals surface area (Å²) in [7, 11) is 0. The molecule has 1 aromatic carbocycles. The van der Waals surface area contributed by atoms with Crippen LogP contribution >= 0.6 is 0 Å². The molecule has 0 bridgehead atoms. The second kappa shape index (κ2) is 6.43. The number of hydrogen-bond donors (Lipinski definition) is 1. The lowest BCUT2D eigenvalue weighted by Crippen LogP contribution is -2.27. The minimum absolute atomic E-state index is 0.177. The predicted octanol–water partition coefficient (Wildman–Crippen LogP) is 2.67. The largest absolute Gasteiger partial charge is 0.494 e. The topological polar surface area (TPSA) is 75.3 Å². The number of benzene rings is 1. The molecule has 0 fully saturated rings. The number of carbonyl (C=O) groups is 1. The molecule has 5 heteroatoms. The second-order valence-electron chi connectivity index (χ2n) is 4.01. The highest BCUT2D eigenvalue weighted by Crippen LogP contribution is 2.18. The van der Waals surface area contributed by atoms with Gasteiger partial charge in [-0.15, -0.1) is 0 Å². The quantitative estimate of drug-likeness (QED) is 0.906. The maximum Gasteiger partial charge on any atom is 0.288 e. The van der Waals surface area contributed by atoms with Gasteiger partial charge in [-0.3, -0.25) is 4.79 Å². The fraction of sp³-hybridized carbons (Fsp3) is 0.200. The van der Waals surface area contributed by atoms with Gasteiger partial charge >= 0.3 is 0 Å². The Balaban J connectivity index is 2.08. The van der Waals surface area contributed by atoms with Crippen molar-refractivity contribution in [2.45, 2.75) is 13.0 Å². The van der Waals surface area contributed by atoms with Crippen LogP contribution in [-0.4, -0.2) is 12.5 Å². The van der Waals surface area contributed by atoms with E-state index in [1.54, 1.807) is 36.4 Å². The van der Waals surface area contributed by atoms with Crippen LogP contribution in [-0.2, 0) is 0 Å². The van der Waals surface area contributed by atoms with Gasteiger partial charge in [0.15, 0.2) is 5.76 Å². The summed E-state index contributed by atoms with van der Waals surface area (Å²) >= 11 is 0. The Morgan fingerprint density at radius 2 is 2.15 bits per heavy atom. The first-order chi connectivity index (χ1) is 9.74. The highest BCUT2D eigenvalue weighted by atomic mass is 16.5. The highest BCUT2D eigenvalue weighted by Gasteiger charge is 2.16. The summed E-state index contributed by atoms with van der Waals surface area (Å²) in [5, 5.41) is 11.8. The van der Waals surface area contributed by atoms with Crippen molar-refractivity contribution in [3.05, 3.63) is 54.0 Å². The van der Waals surface area contributed by atoms with Gasteiger partial charge in [-0.1, -0.05) is 12.1 Å². The summed E-state index contributed by atoms with van der Waals surface area (Å²) in [5.41, 5.74) is 0.691. The summed E-state index contributed by atoms with van der Waals surface area (Å²) in [6.07, 6.45) is 1.41. The van der Waals surface area contributed by atoms with Crippen molar-refractivity contribution < 1.29 is 13.9 Å². The third-order valence-corrected chi connectivity index (χ3v) is 2.67. The Bertz CT molecular complexity index is 597. The normalized spacial score (nSPS) is 11.4. The molecule has 20 heavy (non-hydrogen) atoms. The Morgan fingerprint density at radius 3 is 2.70 bits per heavy atom. The SMILES string of the molecule is CCOc1ccc(C(C#N)NC(=O)c2ccco2)cc1. The third-order valence-electron chi connectivity index (χ3n) is 2.67. The Labute approximate surface area is 116 Å². The first kappa shape index (κ1) is 13.7. The number of nitrogens with zero attached hydrogens (tertiary/aromatic N) is 1. The van der Waals surface area contributed by atoms with Crippen molar-refractivity contribution in [2.24, 2.45) is 0 Å². The summed E-state index contributed by atoms with van der Waals surface area (Å²) in [6, 6.07) is 11.5. The fourth-order valence-corrected chi connectivity index (χ4v) is 1.72. The number of furan rings is 1. The monoisotopic (exact) mass is 270 g/mol. The van der Waals surface area contributed by atoms with E-state index in [1.165, 1.54) is 6.26 Å². The van der Waals surface area contributed by atoms with E-state index in [4.69, 9.17) is 9.15 Å². The van der Waals surface area contributed by atoms with E-state index >= 15 is 0 Å². The predicted molar refractivity (Wildman–Crippen MR) is 72.1 cm³/mol. The Kier molecular flexibility index (Phi) is 4.40. The minimum Gasteiger partial charge on any atom is -0.494 e. The van der Waals surface area contributed by atoms with Crippen molar-refractivity contribution >= 4 is 5.91 Å². The number of ether oxygens (including phenoxy) is 1. The van der Waals surface area contributed by atoms with Gasteiger partial charge in [-0.25, -0.2) is 0 Å². The summed E-state index contributed by atoms with van der Waals surface area (Å²) in [4.78, 5) is 11.8. The molecule has 0 radical (unpaired) electrons. The molecule has 0 saturated heterocycles. The minimum atomic E-state index is -0.733. The molecule has 2 rings (SSSR count). The van der Waals surface area contributed by atoms with E-state index in [0.29, 0.717) is 12.2 Å².